The molecule has 1 N–H and O–H groups in total. The van der Waals surface area contributed by atoms with Crippen molar-refractivity contribution in [1.29, 1.82) is 0 Å². The summed E-state index contributed by atoms with van der Waals surface area (Å²) in [6.45, 7) is 0. The van der Waals surface area contributed by atoms with Gasteiger partial charge in [0, 0.05) is 4.92 Å². The third-order valence-corrected chi connectivity index (χ3v) is 1.20. The first-order valence-electron chi connectivity index (χ1n) is 2.58. The largest absolute Gasteiger partial charge is 0.301 e. The normalized spacial score (nSPS) is 24.6. The van der Waals surface area contributed by atoms with Crippen LogP contribution in [-0.4, -0.2) is 22.8 Å². The Morgan fingerprint density at radius 3 is 2.40 bits per heavy atom. The van der Waals surface area contributed by atoms with Gasteiger partial charge in [0.1, 0.15) is 6.42 Å². The summed E-state index contributed by atoms with van der Waals surface area (Å²) < 4.78 is 0. The minimum atomic E-state index is -1.37. The molecule has 54 valence electrons. The first-order chi connectivity index (χ1) is 4.61. The zero-order chi connectivity index (χ0) is 7.72. The number of rotatable bonds is 1. The quantitative estimate of drug-likeness (QED) is 0.280. The van der Waals surface area contributed by atoms with Crippen molar-refractivity contribution < 1.29 is 14.5 Å². The van der Waals surface area contributed by atoms with Crippen molar-refractivity contribution in [2.45, 2.75) is 12.5 Å². The number of nitrogens with zero attached hydrogens (tertiary/aromatic N) is 1. The number of carbonyl (C=O) groups excluding carboxylic acids is 2. The molecule has 0 aromatic carbocycles. The van der Waals surface area contributed by atoms with Gasteiger partial charge in [0.15, 0.2) is 0 Å². The van der Waals surface area contributed by atoms with Gasteiger partial charge in [-0.3, -0.25) is 25.0 Å². The van der Waals surface area contributed by atoms with Crippen LogP contribution in [0.5, 0.6) is 0 Å². The standard InChI is InChI=1S/C4H4N2O4/c7-3-1-2(6(9)10)4(8)5-3/h2H,1H2,(H,5,7,8). The molecule has 0 radical (unpaired) electrons. The molecule has 1 unspecified atom stereocenters. The van der Waals surface area contributed by atoms with E-state index >= 15 is 0 Å². The fraction of sp³-hybridized carbons (Fsp3) is 0.500. The minimum absolute atomic E-state index is 0.328. The van der Waals surface area contributed by atoms with Crippen LogP contribution in [0.2, 0.25) is 0 Å². The van der Waals surface area contributed by atoms with Crippen molar-refractivity contribution in [3.63, 3.8) is 0 Å². The van der Waals surface area contributed by atoms with E-state index in [1.165, 1.54) is 0 Å². The Hall–Kier alpha value is -1.46. The highest BCUT2D eigenvalue weighted by atomic mass is 16.6. The Balaban J connectivity index is 2.72. The van der Waals surface area contributed by atoms with Crippen molar-refractivity contribution >= 4 is 11.8 Å². The number of nitrogens with one attached hydrogen (secondary N) is 1. The number of hydrogen-bond acceptors (Lipinski definition) is 4. The molecular formula is C4H4N2O4. The van der Waals surface area contributed by atoms with Crippen LogP contribution < -0.4 is 5.32 Å². The van der Waals surface area contributed by atoms with E-state index in [0.717, 1.165) is 0 Å². The predicted molar refractivity (Wildman–Crippen MR) is 28.5 cm³/mol. The molecule has 0 aromatic rings. The zero-order valence-corrected chi connectivity index (χ0v) is 4.86. The van der Waals surface area contributed by atoms with E-state index in [2.05, 4.69) is 0 Å². The van der Waals surface area contributed by atoms with Crippen molar-refractivity contribution in [3.05, 3.63) is 10.1 Å². The maximum Gasteiger partial charge on any atom is 0.301 e. The molecule has 6 heteroatoms. The summed E-state index contributed by atoms with van der Waals surface area (Å²) in [6.07, 6.45) is -0.328. The predicted octanol–water partition coefficient (Wildman–Crippen LogP) is -1.32. The molecule has 1 heterocycles. The number of hydrogen-bond donors (Lipinski definition) is 1. The summed E-state index contributed by atoms with van der Waals surface area (Å²) in [4.78, 5) is 30.0. The maximum atomic E-state index is 10.5. The SMILES string of the molecule is O=C1CC([N+](=O)[O-])C(=O)N1. The van der Waals surface area contributed by atoms with Crippen LogP contribution in [0.25, 0.3) is 0 Å². The van der Waals surface area contributed by atoms with Gasteiger partial charge in [-0.05, 0) is 0 Å². The van der Waals surface area contributed by atoms with E-state index in [4.69, 9.17) is 0 Å². The fourth-order valence-corrected chi connectivity index (χ4v) is 0.710. The molecule has 1 aliphatic heterocycles. The van der Waals surface area contributed by atoms with E-state index in [9.17, 15) is 19.7 Å². The van der Waals surface area contributed by atoms with Crippen molar-refractivity contribution in [2.75, 3.05) is 0 Å². The molecule has 0 bridgehead atoms. The molecule has 2 amide bonds. The van der Waals surface area contributed by atoms with Gasteiger partial charge < -0.3 is 0 Å². The Labute approximate surface area is 55.4 Å². The molecule has 1 atom stereocenters. The smallest absolute Gasteiger partial charge is 0.290 e. The van der Waals surface area contributed by atoms with E-state index in [1.54, 1.807) is 0 Å². The zero-order valence-electron chi connectivity index (χ0n) is 4.86. The Kier molecular flexibility index (Phi) is 1.37. The van der Waals surface area contributed by atoms with Crippen LogP contribution in [0.1, 0.15) is 6.42 Å². The molecule has 1 aliphatic rings. The highest BCUT2D eigenvalue weighted by Crippen LogP contribution is 2.03. The van der Waals surface area contributed by atoms with Gasteiger partial charge in [-0.1, -0.05) is 0 Å². The van der Waals surface area contributed by atoms with Crippen LogP contribution in [-0.2, 0) is 9.59 Å². The van der Waals surface area contributed by atoms with Crippen LogP contribution in [0.3, 0.4) is 0 Å². The van der Waals surface area contributed by atoms with Gasteiger partial charge in [0.2, 0.25) is 5.91 Å². The molecule has 1 fully saturated rings. The number of carbonyl (C=O) groups is 2. The first kappa shape index (κ1) is 6.66. The Morgan fingerprint density at radius 2 is 2.20 bits per heavy atom. The third-order valence-electron chi connectivity index (χ3n) is 1.20. The molecule has 0 aliphatic carbocycles. The molecule has 0 aromatic heterocycles. The van der Waals surface area contributed by atoms with E-state index in [1.807, 2.05) is 5.32 Å². The monoisotopic (exact) mass is 144 g/mol. The second kappa shape index (κ2) is 2.05. The summed E-state index contributed by atoms with van der Waals surface area (Å²) in [7, 11) is 0. The van der Waals surface area contributed by atoms with Gasteiger partial charge in [-0.25, -0.2) is 0 Å². The van der Waals surface area contributed by atoms with Gasteiger partial charge in [-0.2, -0.15) is 0 Å². The van der Waals surface area contributed by atoms with E-state index in [-0.39, 0.29) is 6.42 Å². The topological polar surface area (TPSA) is 89.3 Å². The third kappa shape index (κ3) is 0.949. The first-order valence-corrected chi connectivity index (χ1v) is 2.58. The van der Waals surface area contributed by atoms with Gasteiger partial charge in [0.25, 0.3) is 6.04 Å². The van der Waals surface area contributed by atoms with Crippen molar-refractivity contribution in [1.82, 2.24) is 5.32 Å². The average molecular weight is 144 g/mol. The molecule has 1 saturated heterocycles. The highest BCUT2D eigenvalue weighted by molar-refractivity contribution is 6.04. The van der Waals surface area contributed by atoms with Crippen molar-refractivity contribution in [2.24, 2.45) is 0 Å². The minimum Gasteiger partial charge on any atom is -0.290 e. The summed E-state index contributed by atoms with van der Waals surface area (Å²) in [5, 5.41) is 11.8. The summed E-state index contributed by atoms with van der Waals surface area (Å²) >= 11 is 0. The van der Waals surface area contributed by atoms with E-state index < -0.39 is 22.8 Å². The van der Waals surface area contributed by atoms with E-state index in [0.29, 0.717) is 0 Å². The fourth-order valence-electron chi connectivity index (χ4n) is 0.710. The lowest BCUT2D eigenvalue weighted by Gasteiger charge is -1.92. The van der Waals surface area contributed by atoms with Crippen molar-refractivity contribution in [3.8, 4) is 0 Å². The summed E-state index contributed by atoms with van der Waals surface area (Å²) in [6, 6.07) is -1.37. The van der Waals surface area contributed by atoms with Crippen LogP contribution in [0, 0.1) is 10.1 Å². The average Bonchev–Trinajstić information content (AvgIpc) is 2.10. The van der Waals surface area contributed by atoms with Crippen LogP contribution >= 0.6 is 0 Å². The molecule has 0 saturated carbocycles. The van der Waals surface area contributed by atoms with Crippen LogP contribution in [0.4, 0.5) is 0 Å². The summed E-state index contributed by atoms with van der Waals surface area (Å²) in [5.41, 5.74) is 0. The second-order valence-electron chi connectivity index (χ2n) is 1.92. The molecular weight excluding hydrogens is 140 g/mol. The van der Waals surface area contributed by atoms with Gasteiger partial charge in [0.05, 0.1) is 0 Å². The Morgan fingerprint density at radius 1 is 1.60 bits per heavy atom. The second-order valence-corrected chi connectivity index (χ2v) is 1.92. The Bertz CT molecular complexity index is 211. The molecule has 0 spiro atoms. The highest BCUT2D eigenvalue weighted by Gasteiger charge is 2.39. The lowest BCUT2D eigenvalue weighted by molar-refractivity contribution is -0.504. The molecule has 6 nitrogen and oxygen atoms in total. The van der Waals surface area contributed by atoms with Gasteiger partial charge in [-0.15, -0.1) is 0 Å². The van der Waals surface area contributed by atoms with Crippen LogP contribution in [0.15, 0.2) is 0 Å². The number of amides is 2. The molecule has 10 heavy (non-hydrogen) atoms. The molecule has 1 rings (SSSR count). The lowest BCUT2D eigenvalue weighted by Crippen LogP contribution is -2.29. The summed E-state index contributed by atoms with van der Waals surface area (Å²) in [5.74, 6) is -1.39. The van der Waals surface area contributed by atoms with Gasteiger partial charge >= 0.3 is 5.91 Å². The maximum absolute atomic E-state index is 10.5. The number of nitro groups is 1. The number of imide groups is 1. The lowest BCUT2D eigenvalue weighted by atomic mass is 10.3.